The van der Waals surface area contributed by atoms with Gasteiger partial charge in [0, 0.05) is 12.6 Å². The average molecular weight is 224 g/mol. The van der Waals surface area contributed by atoms with E-state index in [-0.39, 0.29) is 5.82 Å². The quantitative estimate of drug-likeness (QED) is 0.772. The Morgan fingerprint density at radius 1 is 1.50 bits per heavy atom. The molecule has 0 spiro atoms. The van der Waals surface area contributed by atoms with Crippen LogP contribution in [-0.2, 0) is 4.74 Å². The fraction of sp³-hybridized carbons (Fsp3) is 0.500. The van der Waals surface area contributed by atoms with E-state index in [9.17, 15) is 4.39 Å². The second kappa shape index (κ2) is 4.70. The molecule has 1 aromatic rings. The van der Waals surface area contributed by atoms with Gasteiger partial charge in [-0.2, -0.15) is 0 Å². The first kappa shape index (κ1) is 11.2. The molecular weight excluding hydrogens is 207 g/mol. The number of benzene rings is 1. The van der Waals surface area contributed by atoms with E-state index < -0.39 is 0 Å². The van der Waals surface area contributed by atoms with Gasteiger partial charge in [0.2, 0.25) is 0 Å². The molecule has 0 radical (unpaired) electrons. The number of nitrogens with two attached hydrogens (primary N) is 1. The van der Waals surface area contributed by atoms with Crippen LogP contribution in [0.25, 0.3) is 0 Å². The van der Waals surface area contributed by atoms with Crippen molar-refractivity contribution in [3.05, 3.63) is 24.0 Å². The molecule has 1 fully saturated rings. The normalized spacial score (nSPS) is 23.9. The van der Waals surface area contributed by atoms with Gasteiger partial charge in [-0.15, -0.1) is 0 Å². The van der Waals surface area contributed by atoms with Gasteiger partial charge in [0.15, 0.2) is 0 Å². The number of nitrogen functional groups attached to an aromatic ring is 1. The summed E-state index contributed by atoms with van der Waals surface area (Å²) in [7, 11) is 0. The summed E-state index contributed by atoms with van der Waals surface area (Å²) in [6.45, 7) is 2.74. The van der Waals surface area contributed by atoms with E-state index in [4.69, 9.17) is 10.5 Å². The zero-order valence-corrected chi connectivity index (χ0v) is 9.37. The van der Waals surface area contributed by atoms with E-state index in [1.165, 1.54) is 12.1 Å². The number of ether oxygens (including phenoxy) is 1. The summed E-state index contributed by atoms with van der Waals surface area (Å²) < 4.78 is 18.5. The van der Waals surface area contributed by atoms with Gasteiger partial charge in [0.05, 0.1) is 17.5 Å². The van der Waals surface area contributed by atoms with Crippen molar-refractivity contribution in [1.82, 2.24) is 0 Å². The maximum absolute atomic E-state index is 13.0. The summed E-state index contributed by atoms with van der Waals surface area (Å²) in [5.74, 6) is -0.266. The molecule has 0 bridgehead atoms. The van der Waals surface area contributed by atoms with E-state index in [0.29, 0.717) is 23.5 Å². The molecule has 0 amide bonds. The van der Waals surface area contributed by atoms with Gasteiger partial charge >= 0.3 is 0 Å². The Hall–Kier alpha value is -1.29. The van der Waals surface area contributed by atoms with Crippen molar-refractivity contribution in [3.8, 4) is 0 Å². The number of hydrogen-bond acceptors (Lipinski definition) is 3. The van der Waals surface area contributed by atoms with Gasteiger partial charge in [-0.1, -0.05) is 0 Å². The third kappa shape index (κ3) is 2.44. The predicted octanol–water partition coefficient (Wildman–Crippen LogP) is 2.39. The lowest BCUT2D eigenvalue weighted by Gasteiger charge is -2.36. The van der Waals surface area contributed by atoms with Crippen LogP contribution in [-0.4, -0.2) is 18.8 Å². The van der Waals surface area contributed by atoms with Crippen molar-refractivity contribution < 1.29 is 9.13 Å². The Balaban J connectivity index is 1.89. The van der Waals surface area contributed by atoms with E-state index in [2.05, 4.69) is 5.32 Å². The molecule has 3 N–H and O–H groups in total. The lowest BCUT2D eigenvalue weighted by atomic mass is 9.89. The largest absolute Gasteiger partial charge is 0.397 e. The van der Waals surface area contributed by atoms with Crippen LogP contribution in [0.4, 0.5) is 15.8 Å². The fourth-order valence-electron chi connectivity index (χ4n) is 1.93. The van der Waals surface area contributed by atoms with Crippen LogP contribution in [0.1, 0.15) is 19.8 Å². The molecule has 2 rings (SSSR count). The molecule has 1 aromatic carbocycles. The van der Waals surface area contributed by atoms with E-state index in [1.54, 1.807) is 6.07 Å². The molecule has 1 aliphatic carbocycles. The van der Waals surface area contributed by atoms with Crippen molar-refractivity contribution in [2.24, 2.45) is 0 Å². The highest BCUT2D eigenvalue weighted by Gasteiger charge is 2.29. The molecule has 0 heterocycles. The van der Waals surface area contributed by atoms with Crippen molar-refractivity contribution in [3.63, 3.8) is 0 Å². The van der Waals surface area contributed by atoms with Crippen molar-refractivity contribution in [2.45, 2.75) is 31.9 Å². The minimum absolute atomic E-state index is 0.266. The third-order valence-corrected chi connectivity index (χ3v) is 2.87. The van der Waals surface area contributed by atoms with Crippen molar-refractivity contribution >= 4 is 11.4 Å². The molecular formula is C12H17FN2O. The molecule has 4 heteroatoms. The SMILES string of the molecule is CCOC1CC(Nc2cc(F)ccc2N)C1. The van der Waals surface area contributed by atoms with E-state index in [0.717, 1.165) is 19.4 Å². The van der Waals surface area contributed by atoms with Crippen molar-refractivity contribution in [2.75, 3.05) is 17.7 Å². The predicted molar refractivity (Wildman–Crippen MR) is 62.9 cm³/mol. The molecule has 88 valence electrons. The highest BCUT2D eigenvalue weighted by molar-refractivity contribution is 5.66. The lowest BCUT2D eigenvalue weighted by molar-refractivity contribution is 0.00300. The van der Waals surface area contributed by atoms with Crippen molar-refractivity contribution in [1.29, 1.82) is 0 Å². The Labute approximate surface area is 94.8 Å². The molecule has 0 aliphatic heterocycles. The van der Waals surface area contributed by atoms with Crippen LogP contribution >= 0.6 is 0 Å². The van der Waals surface area contributed by atoms with Gasteiger partial charge in [0.1, 0.15) is 5.82 Å². The zero-order valence-electron chi connectivity index (χ0n) is 9.37. The summed E-state index contributed by atoms with van der Waals surface area (Å²) in [4.78, 5) is 0. The molecule has 0 saturated heterocycles. The topological polar surface area (TPSA) is 47.3 Å². The maximum Gasteiger partial charge on any atom is 0.125 e. The highest BCUT2D eigenvalue weighted by atomic mass is 19.1. The minimum atomic E-state index is -0.266. The summed E-state index contributed by atoms with van der Waals surface area (Å²) in [6, 6.07) is 4.73. The molecule has 3 nitrogen and oxygen atoms in total. The molecule has 1 saturated carbocycles. The first-order valence-corrected chi connectivity index (χ1v) is 5.62. The molecule has 16 heavy (non-hydrogen) atoms. The second-order valence-electron chi connectivity index (χ2n) is 4.12. The summed E-state index contributed by atoms with van der Waals surface area (Å²) in [6.07, 6.45) is 2.27. The first-order chi connectivity index (χ1) is 7.69. The van der Waals surface area contributed by atoms with Gasteiger partial charge in [-0.25, -0.2) is 4.39 Å². The summed E-state index contributed by atoms with van der Waals surface area (Å²) >= 11 is 0. The number of nitrogens with one attached hydrogen (secondary N) is 1. The smallest absolute Gasteiger partial charge is 0.125 e. The molecule has 0 unspecified atom stereocenters. The number of rotatable bonds is 4. The Morgan fingerprint density at radius 3 is 2.94 bits per heavy atom. The fourth-order valence-corrected chi connectivity index (χ4v) is 1.93. The first-order valence-electron chi connectivity index (χ1n) is 5.62. The number of anilines is 2. The zero-order chi connectivity index (χ0) is 11.5. The van der Waals surface area contributed by atoms with Gasteiger partial charge < -0.3 is 15.8 Å². The van der Waals surface area contributed by atoms with Crippen LogP contribution in [0.2, 0.25) is 0 Å². The molecule has 0 atom stereocenters. The number of halogens is 1. The van der Waals surface area contributed by atoms with E-state index >= 15 is 0 Å². The molecule has 1 aliphatic rings. The standard InChI is InChI=1S/C12H17FN2O/c1-2-16-10-6-9(7-10)15-12-5-8(13)3-4-11(12)14/h3-5,9-10,15H,2,6-7,14H2,1H3. The second-order valence-corrected chi connectivity index (χ2v) is 4.12. The average Bonchev–Trinajstić information content (AvgIpc) is 2.20. The Bertz CT molecular complexity index is 364. The minimum Gasteiger partial charge on any atom is -0.397 e. The van der Waals surface area contributed by atoms with Crippen LogP contribution in [0.3, 0.4) is 0 Å². The monoisotopic (exact) mass is 224 g/mol. The van der Waals surface area contributed by atoms with Gasteiger partial charge in [-0.05, 0) is 38.0 Å². The van der Waals surface area contributed by atoms with Crippen LogP contribution in [0.5, 0.6) is 0 Å². The Morgan fingerprint density at radius 2 is 2.25 bits per heavy atom. The van der Waals surface area contributed by atoms with Crippen LogP contribution < -0.4 is 11.1 Å². The summed E-state index contributed by atoms with van der Waals surface area (Å²) in [5.41, 5.74) is 7.01. The lowest BCUT2D eigenvalue weighted by Crippen LogP contribution is -2.40. The van der Waals surface area contributed by atoms with Gasteiger partial charge in [0.25, 0.3) is 0 Å². The number of hydrogen-bond donors (Lipinski definition) is 2. The van der Waals surface area contributed by atoms with E-state index in [1.807, 2.05) is 6.92 Å². The maximum atomic E-state index is 13.0. The van der Waals surface area contributed by atoms with Crippen LogP contribution in [0, 0.1) is 5.82 Å². The summed E-state index contributed by atoms with van der Waals surface area (Å²) in [5, 5.41) is 3.23. The molecule has 0 aromatic heterocycles. The van der Waals surface area contributed by atoms with Gasteiger partial charge in [-0.3, -0.25) is 0 Å². The third-order valence-electron chi connectivity index (χ3n) is 2.87. The highest BCUT2D eigenvalue weighted by Crippen LogP contribution is 2.29. The Kier molecular flexibility index (Phi) is 3.29. The van der Waals surface area contributed by atoms with Crippen LogP contribution in [0.15, 0.2) is 18.2 Å².